The Kier molecular flexibility index (Phi) is 4.04. The topological polar surface area (TPSA) is 64.6 Å². The summed E-state index contributed by atoms with van der Waals surface area (Å²) in [6, 6.07) is 8.84. The monoisotopic (exact) mass is 327 g/mol. The summed E-state index contributed by atoms with van der Waals surface area (Å²) in [5.41, 5.74) is 2.28. The molecule has 1 aliphatic heterocycles. The van der Waals surface area contributed by atoms with Gasteiger partial charge in [0.05, 0.1) is 19.8 Å². The number of hydrogen-bond acceptors (Lipinski definition) is 4. The van der Waals surface area contributed by atoms with Crippen molar-refractivity contribution in [3.63, 3.8) is 0 Å². The number of esters is 1. The van der Waals surface area contributed by atoms with Crippen LogP contribution in [0.15, 0.2) is 36.4 Å². The summed E-state index contributed by atoms with van der Waals surface area (Å²) in [4.78, 5) is 23.8. The molecule has 2 aromatic carbocycles. The first kappa shape index (κ1) is 15.7. The van der Waals surface area contributed by atoms with Crippen LogP contribution in [0.5, 0.6) is 5.75 Å². The number of hydrogen-bond donors (Lipinski definition) is 1. The second-order valence-corrected chi connectivity index (χ2v) is 5.15. The SMILES string of the molecule is COC(=O)c1ccc2c(c1)NC(=O)/C2=C\c1cc(F)ccc1OC. The summed E-state index contributed by atoms with van der Waals surface area (Å²) < 4.78 is 23.4. The van der Waals surface area contributed by atoms with Gasteiger partial charge in [-0.2, -0.15) is 0 Å². The second kappa shape index (κ2) is 6.16. The normalized spacial score (nSPS) is 14.3. The van der Waals surface area contributed by atoms with Crippen molar-refractivity contribution in [1.82, 2.24) is 0 Å². The Labute approximate surface area is 137 Å². The molecule has 6 heteroatoms. The molecule has 24 heavy (non-hydrogen) atoms. The van der Waals surface area contributed by atoms with Gasteiger partial charge in [0.1, 0.15) is 11.6 Å². The van der Waals surface area contributed by atoms with Crippen molar-refractivity contribution in [2.24, 2.45) is 0 Å². The number of anilines is 1. The van der Waals surface area contributed by atoms with E-state index in [1.807, 2.05) is 0 Å². The molecule has 0 radical (unpaired) electrons. The fraction of sp³-hybridized carbons (Fsp3) is 0.111. The largest absolute Gasteiger partial charge is 0.496 e. The van der Waals surface area contributed by atoms with E-state index in [4.69, 9.17) is 4.74 Å². The average molecular weight is 327 g/mol. The zero-order valence-electron chi connectivity index (χ0n) is 13.1. The van der Waals surface area contributed by atoms with Gasteiger partial charge in [-0.25, -0.2) is 9.18 Å². The number of carbonyl (C=O) groups excluding carboxylic acids is 2. The Bertz CT molecular complexity index is 873. The van der Waals surface area contributed by atoms with Gasteiger partial charge in [-0.05, 0) is 36.4 Å². The highest BCUT2D eigenvalue weighted by Crippen LogP contribution is 2.35. The molecule has 3 rings (SSSR count). The van der Waals surface area contributed by atoms with Crippen LogP contribution >= 0.6 is 0 Å². The van der Waals surface area contributed by atoms with Gasteiger partial charge in [0.25, 0.3) is 5.91 Å². The number of amides is 1. The van der Waals surface area contributed by atoms with Gasteiger partial charge in [0.15, 0.2) is 0 Å². The van der Waals surface area contributed by atoms with Crippen LogP contribution in [0.2, 0.25) is 0 Å². The number of rotatable bonds is 3. The quantitative estimate of drug-likeness (QED) is 0.695. The van der Waals surface area contributed by atoms with E-state index >= 15 is 0 Å². The highest BCUT2D eigenvalue weighted by Gasteiger charge is 2.25. The van der Waals surface area contributed by atoms with E-state index in [1.165, 1.54) is 32.4 Å². The first-order chi connectivity index (χ1) is 11.5. The highest BCUT2D eigenvalue weighted by atomic mass is 19.1. The van der Waals surface area contributed by atoms with Crippen LogP contribution in [0.3, 0.4) is 0 Å². The minimum atomic E-state index is -0.490. The molecule has 0 unspecified atom stereocenters. The number of fused-ring (bicyclic) bond motifs is 1. The number of halogens is 1. The third-order valence-electron chi connectivity index (χ3n) is 3.72. The Morgan fingerprint density at radius 2 is 1.96 bits per heavy atom. The third-order valence-corrected chi connectivity index (χ3v) is 3.72. The van der Waals surface area contributed by atoms with Crippen molar-refractivity contribution in [3.8, 4) is 5.75 Å². The van der Waals surface area contributed by atoms with E-state index in [0.29, 0.717) is 33.7 Å². The molecule has 0 atom stereocenters. The van der Waals surface area contributed by atoms with Crippen molar-refractivity contribution < 1.29 is 23.5 Å². The lowest BCUT2D eigenvalue weighted by Gasteiger charge is -2.06. The summed E-state index contributed by atoms with van der Waals surface area (Å²) in [6.07, 6.45) is 1.56. The van der Waals surface area contributed by atoms with Crippen LogP contribution in [0.1, 0.15) is 21.5 Å². The van der Waals surface area contributed by atoms with Gasteiger partial charge in [0.2, 0.25) is 0 Å². The Balaban J connectivity index is 2.07. The first-order valence-corrected chi connectivity index (χ1v) is 7.13. The second-order valence-electron chi connectivity index (χ2n) is 5.15. The maximum Gasteiger partial charge on any atom is 0.337 e. The fourth-order valence-electron chi connectivity index (χ4n) is 2.56. The van der Waals surface area contributed by atoms with Crippen molar-refractivity contribution in [2.75, 3.05) is 19.5 Å². The minimum absolute atomic E-state index is 0.334. The predicted octanol–water partition coefficient (Wildman–Crippen LogP) is 3.11. The number of nitrogens with one attached hydrogen (secondary N) is 1. The van der Waals surface area contributed by atoms with Gasteiger partial charge < -0.3 is 14.8 Å². The standard InChI is InChI=1S/C18H14FNO4/c1-23-16-6-4-12(19)7-11(16)8-14-13-5-3-10(18(22)24-2)9-15(13)20-17(14)21/h3-9H,1-2H3,(H,20,21)/b14-8-. The molecule has 0 spiro atoms. The number of ether oxygens (including phenoxy) is 2. The lowest BCUT2D eigenvalue weighted by atomic mass is 10.0. The molecule has 0 saturated heterocycles. The maximum absolute atomic E-state index is 13.5. The first-order valence-electron chi connectivity index (χ1n) is 7.13. The van der Waals surface area contributed by atoms with E-state index in [1.54, 1.807) is 24.3 Å². The Morgan fingerprint density at radius 3 is 2.67 bits per heavy atom. The van der Waals surface area contributed by atoms with Crippen LogP contribution in [0.25, 0.3) is 11.6 Å². The van der Waals surface area contributed by atoms with Crippen molar-refractivity contribution in [2.45, 2.75) is 0 Å². The van der Waals surface area contributed by atoms with E-state index < -0.39 is 11.8 Å². The number of carbonyl (C=O) groups is 2. The Morgan fingerprint density at radius 1 is 1.17 bits per heavy atom. The average Bonchev–Trinajstić information content (AvgIpc) is 2.89. The molecule has 0 aromatic heterocycles. The van der Waals surface area contributed by atoms with Crippen LogP contribution in [-0.4, -0.2) is 26.1 Å². The molecule has 0 fully saturated rings. The van der Waals surface area contributed by atoms with E-state index in [2.05, 4.69) is 10.1 Å². The van der Waals surface area contributed by atoms with Gasteiger partial charge in [-0.15, -0.1) is 0 Å². The van der Waals surface area contributed by atoms with E-state index in [9.17, 15) is 14.0 Å². The van der Waals surface area contributed by atoms with Crippen molar-refractivity contribution in [3.05, 3.63) is 58.9 Å². The summed E-state index contributed by atoms with van der Waals surface area (Å²) in [6.45, 7) is 0. The molecule has 0 saturated carbocycles. The molecule has 0 bridgehead atoms. The van der Waals surface area contributed by atoms with Gasteiger partial charge >= 0.3 is 5.97 Å². The predicted molar refractivity (Wildman–Crippen MR) is 87.2 cm³/mol. The summed E-state index contributed by atoms with van der Waals surface area (Å²) in [5, 5.41) is 2.69. The van der Waals surface area contributed by atoms with E-state index in [0.717, 1.165) is 0 Å². The lowest BCUT2D eigenvalue weighted by Crippen LogP contribution is -2.04. The van der Waals surface area contributed by atoms with Crippen molar-refractivity contribution in [1.29, 1.82) is 0 Å². The molecule has 0 aliphatic carbocycles. The fourth-order valence-corrected chi connectivity index (χ4v) is 2.56. The number of benzene rings is 2. The molecule has 5 nitrogen and oxygen atoms in total. The zero-order chi connectivity index (χ0) is 17.3. The zero-order valence-corrected chi connectivity index (χ0v) is 13.1. The summed E-state index contributed by atoms with van der Waals surface area (Å²) in [7, 11) is 2.76. The lowest BCUT2D eigenvalue weighted by molar-refractivity contribution is -0.110. The Hall–Kier alpha value is -3.15. The molecule has 1 amide bonds. The molecule has 1 N–H and O–H groups in total. The summed E-state index contributed by atoms with van der Waals surface area (Å²) >= 11 is 0. The van der Waals surface area contributed by atoms with Gasteiger partial charge in [-0.1, -0.05) is 6.07 Å². The van der Waals surface area contributed by atoms with E-state index in [-0.39, 0.29) is 5.91 Å². The molecule has 122 valence electrons. The molecule has 1 heterocycles. The smallest absolute Gasteiger partial charge is 0.337 e. The van der Waals surface area contributed by atoms with Crippen LogP contribution in [0.4, 0.5) is 10.1 Å². The minimum Gasteiger partial charge on any atom is -0.496 e. The third kappa shape index (κ3) is 2.74. The van der Waals surface area contributed by atoms with Gasteiger partial charge in [-0.3, -0.25) is 4.79 Å². The maximum atomic E-state index is 13.5. The molecule has 1 aliphatic rings. The van der Waals surface area contributed by atoms with Crippen LogP contribution < -0.4 is 10.1 Å². The highest BCUT2D eigenvalue weighted by molar-refractivity contribution is 6.35. The molecular formula is C18H14FNO4. The van der Waals surface area contributed by atoms with Crippen LogP contribution in [-0.2, 0) is 9.53 Å². The molecular weight excluding hydrogens is 313 g/mol. The summed E-state index contributed by atoms with van der Waals surface area (Å²) in [5.74, 6) is -0.798. The number of methoxy groups -OCH3 is 2. The molecule has 2 aromatic rings. The van der Waals surface area contributed by atoms with Crippen molar-refractivity contribution >= 4 is 29.2 Å². The van der Waals surface area contributed by atoms with Gasteiger partial charge in [0, 0.05) is 22.4 Å². The van der Waals surface area contributed by atoms with Crippen LogP contribution in [0, 0.1) is 5.82 Å².